The van der Waals surface area contributed by atoms with Gasteiger partial charge in [-0.2, -0.15) is 0 Å². The lowest BCUT2D eigenvalue weighted by atomic mass is 9.92. The second-order valence-electron chi connectivity index (χ2n) is 8.26. The maximum atomic E-state index is 12.3. The number of aliphatic carboxylic acids is 1. The lowest BCUT2D eigenvalue weighted by Crippen LogP contribution is -2.53. The number of aliphatic hydroxyl groups excluding tert-OH is 1. The zero-order valence-electron chi connectivity index (χ0n) is 19.0. The fourth-order valence-corrected chi connectivity index (χ4v) is 4.47. The summed E-state index contributed by atoms with van der Waals surface area (Å²) in [5.41, 5.74) is -0.692. The molecule has 8 nitrogen and oxygen atoms in total. The SMILES string of the molecule is CC[C@@]1(C(=O)O)C[C@H](Oc2ccc(Cl)c(Cl)c2)CN1CC(O)COc1ccccc1NC(C)=O. The van der Waals surface area contributed by atoms with Crippen molar-refractivity contribution in [2.24, 2.45) is 0 Å². The van der Waals surface area contributed by atoms with Crippen LogP contribution in [0.5, 0.6) is 11.5 Å². The summed E-state index contributed by atoms with van der Waals surface area (Å²) in [5, 5.41) is 24.2. The molecule has 2 aromatic rings. The van der Waals surface area contributed by atoms with Gasteiger partial charge in [0.1, 0.15) is 35.9 Å². The van der Waals surface area contributed by atoms with Crippen molar-refractivity contribution < 1.29 is 29.3 Å². The number of hydrogen-bond donors (Lipinski definition) is 3. The predicted molar refractivity (Wildman–Crippen MR) is 130 cm³/mol. The van der Waals surface area contributed by atoms with Crippen molar-refractivity contribution in [1.82, 2.24) is 4.90 Å². The van der Waals surface area contributed by atoms with Crippen LogP contribution in [0.4, 0.5) is 5.69 Å². The first kappa shape index (κ1) is 26.1. The van der Waals surface area contributed by atoms with Gasteiger partial charge in [0.05, 0.1) is 15.7 Å². The van der Waals surface area contributed by atoms with Crippen molar-refractivity contribution in [3.05, 3.63) is 52.5 Å². The number of benzene rings is 2. The second-order valence-corrected chi connectivity index (χ2v) is 9.07. The van der Waals surface area contributed by atoms with Crippen LogP contribution >= 0.6 is 23.2 Å². The number of carbonyl (C=O) groups excluding carboxylic acids is 1. The normalized spacial score (nSPS) is 21.1. The molecule has 0 radical (unpaired) electrons. The van der Waals surface area contributed by atoms with E-state index in [9.17, 15) is 19.8 Å². The van der Waals surface area contributed by atoms with Crippen molar-refractivity contribution >= 4 is 40.8 Å². The zero-order chi connectivity index (χ0) is 24.9. The highest BCUT2D eigenvalue weighted by molar-refractivity contribution is 6.42. The Bertz CT molecular complexity index is 1040. The molecule has 1 amide bonds. The highest BCUT2D eigenvalue weighted by Gasteiger charge is 2.51. The summed E-state index contributed by atoms with van der Waals surface area (Å²) < 4.78 is 11.7. The van der Waals surface area contributed by atoms with E-state index in [2.05, 4.69) is 5.32 Å². The fourth-order valence-electron chi connectivity index (χ4n) is 4.18. The van der Waals surface area contributed by atoms with Gasteiger partial charge in [-0.15, -0.1) is 0 Å². The Hall–Kier alpha value is -2.52. The third kappa shape index (κ3) is 6.13. The van der Waals surface area contributed by atoms with Gasteiger partial charge < -0.3 is 25.0 Å². The molecule has 0 aromatic heterocycles. The van der Waals surface area contributed by atoms with Gasteiger partial charge in [0.15, 0.2) is 0 Å². The number of carbonyl (C=O) groups is 2. The van der Waals surface area contributed by atoms with Crippen LogP contribution in [-0.2, 0) is 9.59 Å². The van der Waals surface area contributed by atoms with Crippen LogP contribution in [0.3, 0.4) is 0 Å². The molecule has 0 saturated carbocycles. The van der Waals surface area contributed by atoms with Crippen LogP contribution in [0.25, 0.3) is 0 Å². The standard InChI is InChI=1S/C24H28Cl2N2O6/c1-3-24(23(31)32)11-18(34-17-8-9-19(25)20(26)10-17)13-28(24)12-16(30)14-33-22-7-5-4-6-21(22)27-15(2)29/h4-10,16,18,30H,3,11-14H2,1-2H3,(H,27,29)(H,31,32)/t16?,18-,24-/m0/s1. The van der Waals surface area contributed by atoms with E-state index in [4.69, 9.17) is 32.7 Å². The number of nitrogens with zero attached hydrogens (tertiary/aromatic N) is 1. The Kier molecular flexibility index (Phi) is 8.65. The molecule has 184 valence electrons. The summed E-state index contributed by atoms with van der Waals surface area (Å²) in [5.74, 6) is -0.302. The van der Waals surface area contributed by atoms with Crippen molar-refractivity contribution in [3.63, 3.8) is 0 Å². The molecule has 10 heteroatoms. The minimum atomic E-state index is -1.18. The third-order valence-corrected chi connectivity index (χ3v) is 6.57. The summed E-state index contributed by atoms with van der Waals surface area (Å²) in [4.78, 5) is 25.4. The summed E-state index contributed by atoms with van der Waals surface area (Å²) >= 11 is 12.0. The molecule has 1 saturated heterocycles. The zero-order valence-corrected chi connectivity index (χ0v) is 20.5. The molecule has 1 aliphatic heterocycles. The van der Waals surface area contributed by atoms with Crippen LogP contribution in [0, 0.1) is 0 Å². The van der Waals surface area contributed by atoms with Crippen molar-refractivity contribution in [2.45, 2.75) is 44.4 Å². The van der Waals surface area contributed by atoms with Crippen molar-refractivity contribution in [1.29, 1.82) is 0 Å². The van der Waals surface area contributed by atoms with Crippen molar-refractivity contribution in [2.75, 3.05) is 25.0 Å². The molecule has 1 aliphatic rings. The number of hydrogen-bond acceptors (Lipinski definition) is 6. The van der Waals surface area contributed by atoms with Gasteiger partial charge in [-0.25, -0.2) is 0 Å². The number of aliphatic hydroxyl groups is 1. The maximum absolute atomic E-state index is 12.3. The Morgan fingerprint density at radius 2 is 1.97 bits per heavy atom. The number of amides is 1. The summed E-state index contributed by atoms with van der Waals surface area (Å²) in [6, 6.07) is 11.8. The average Bonchev–Trinajstić information content (AvgIpc) is 3.13. The monoisotopic (exact) mass is 510 g/mol. The van der Waals surface area contributed by atoms with Gasteiger partial charge in [0.25, 0.3) is 0 Å². The Balaban J connectivity index is 1.68. The molecule has 0 aliphatic carbocycles. The van der Waals surface area contributed by atoms with E-state index in [1.165, 1.54) is 6.92 Å². The Labute approximate surface area is 208 Å². The van der Waals surface area contributed by atoms with E-state index in [0.29, 0.717) is 40.2 Å². The van der Waals surface area contributed by atoms with Gasteiger partial charge in [-0.3, -0.25) is 14.5 Å². The number of ether oxygens (including phenoxy) is 2. The van der Waals surface area contributed by atoms with E-state index in [-0.39, 0.29) is 25.5 Å². The largest absolute Gasteiger partial charge is 0.489 e. The molecule has 3 rings (SSSR count). The van der Waals surface area contributed by atoms with Crippen LogP contribution in [-0.4, -0.2) is 64.4 Å². The summed E-state index contributed by atoms with van der Waals surface area (Å²) in [6.07, 6.45) is -0.804. The molecular weight excluding hydrogens is 483 g/mol. The number of rotatable bonds is 10. The van der Waals surface area contributed by atoms with Crippen LogP contribution in [0.2, 0.25) is 10.0 Å². The van der Waals surface area contributed by atoms with E-state index >= 15 is 0 Å². The Morgan fingerprint density at radius 1 is 1.24 bits per heavy atom. The molecular formula is C24H28Cl2N2O6. The highest BCUT2D eigenvalue weighted by Crippen LogP contribution is 2.36. The number of halogens is 2. The number of nitrogens with one attached hydrogen (secondary N) is 1. The molecule has 0 spiro atoms. The van der Waals surface area contributed by atoms with E-state index in [0.717, 1.165) is 0 Å². The lowest BCUT2D eigenvalue weighted by molar-refractivity contribution is -0.151. The fraction of sp³-hybridized carbons (Fsp3) is 0.417. The van der Waals surface area contributed by atoms with Gasteiger partial charge in [0, 0.05) is 32.5 Å². The van der Waals surface area contributed by atoms with Crippen LogP contribution < -0.4 is 14.8 Å². The van der Waals surface area contributed by atoms with Gasteiger partial charge in [-0.05, 0) is 30.7 Å². The van der Waals surface area contributed by atoms with Gasteiger partial charge in [-0.1, -0.05) is 42.3 Å². The van der Waals surface area contributed by atoms with Gasteiger partial charge >= 0.3 is 5.97 Å². The molecule has 3 N–H and O–H groups in total. The molecule has 34 heavy (non-hydrogen) atoms. The number of carboxylic acid groups (broad SMARTS) is 1. The predicted octanol–water partition coefficient (Wildman–Crippen LogP) is 4.08. The summed E-state index contributed by atoms with van der Waals surface area (Å²) in [7, 11) is 0. The lowest BCUT2D eigenvalue weighted by Gasteiger charge is -2.34. The first-order valence-electron chi connectivity index (χ1n) is 10.9. The van der Waals surface area contributed by atoms with E-state index < -0.39 is 23.7 Å². The number of β-amino-alcohol motifs (C(OH)–C–C–N with tert-alkyl or cyclic N) is 1. The van der Waals surface area contributed by atoms with Crippen LogP contribution in [0.1, 0.15) is 26.7 Å². The first-order chi connectivity index (χ1) is 16.1. The number of carboxylic acids is 1. The van der Waals surface area contributed by atoms with E-state index in [1.54, 1.807) is 54.3 Å². The topological polar surface area (TPSA) is 108 Å². The first-order valence-corrected chi connectivity index (χ1v) is 11.7. The second kappa shape index (κ2) is 11.3. The van der Waals surface area contributed by atoms with E-state index in [1.807, 2.05) is 0 Å². The van der Waals surface area contributed by atoms with Crippen molar-refractivity contribution in [3.8, 4) is 11.5 Å². The number of para-hydroxylation sites is 2. The quantitative estimate of drug-likeness (QED) is 0.441. The smallest absolute Gasteiger partial charge is 0.324 e. The summed E-state index contributed by atoms with van der Waals surface area (Å²) in [6.45, 7) is 3.50. The molecule has 1 heterocycles. The molecule has 1 unspecified atom stereocenters. The molecule has 3 atom stereocenters. The highest BCUT2D eigenvalue weighted by atomic mass is 35.5. The Morgan fingerprint density at radius 3 is 2.62 bits per heavy atom. The minimum absolute atomic E-state index is 0.0731. The van der Waals surface area contributed by atoms with Gasteiger partial charge in [0.2, 0.25) is 5.91 Å². The minimum Gasteiger partial charge on any atom is -0.489 e. The molecule has 1 fully saturated rings. The number of likely N-dealkylation sites (tertiary alicyclic amines) is 1. The molecule has 0 bridgehead atoms. The maximum Gasteiger partial charge on any atom is 0.324 e. The average molecular weight is 511 g/mol. The van der Waals surface area contributed by atoms with Crippen LogP contribution in [0.15, 0.2) is 42.5 Å². The number of anilines is 1. The third-order valence-electron chi connectivity index (χ3n) is 5.83. The molecule has 2 aromatic carbocycles.